The first kappa shape index (κ1) is 15.1. The molecule has 0 saturated carbocycles. The second-order valence-electron chi connectivity index (χ2n) is 5.02. The highest BCUT2D eigenvalue weighted by Crippen LogP contribution is 2.30. The van der Waals surface area contributed by atoms with Gasteiger partial charge in [-0.2, -0.15) is 0 Å². The summed E-state index contributed by atoms with van der Waals surface area (Å²) < 4.78 is 5.35. The number of carbonyl (C=O) groups excluding carboxylic acids is 1. The lowest BCUT2D eigenvalue weighted by Crippen LogP contribution is -2.48. The molecule has 1 aromatic rings. The number of hydrogen-bond acceptors (Lipinski definition) is 3. The van der Waals surface area contributed by atoms with Crippen molar-refractivity contribution in [2.45, 2.75) is 12.3 Å². The molecule has 2 rings (SSSR count). The second kappa shape index (κ2) is 6.95. The molecule has 20 heavy (non-hydrogen) atoms. The van der Waals surface area contributed by atoms with Crippen LogP contribution in [0.3, 0.4) is 0 Å². The van der Waals surface area contributed by atoms with Crippen LogP contribution in [0.1, 0.15) is 17.9 Å². The van der Waals surface area contributed by atoms with Crippen LogP contribution in [-0.2, 0) is 4.79 Å². The number of ether oxygens (including phenoxy) is 1. The molecule has 110 valence electrons. The summed E-state index contributed by atoms with van der Waals surface area (Å²) in [6.07, 6.45) is 0. The molecule has 1 unspecified atom stereocenters. The molecule has 0 aromatic heterocycles. The van der Waals surface area contributed by atoms with Crippen molar-refractivity contribution in [1.82, 2.24) is 9.80 Å². The van der Waals surface area contributed by atoms with E-state index in [1.165, 1.54) is 0 Å². The fourth-order valence-corrected chi connectivity index (χ4v) is 2.87. The maximum Gasteiger partial charge on any atom is 0.219 e. The van der Waals surface area contributed by atoms with E-state index in [9.17, 15) is 4.79 Å². The Morgan fingerprint density at radius 2 is 1.95 bits per heavy atom. The molecule has 0 bridgehead atoms. The first-order valence-corrected chi connectivity index (χ1v) is 7.30. The fraction of sp³-hybridized carbons (Fsp3) is 0.533. The zero-order valence-corrected chi connectivity index (χ0v) is 12.8. The summed E-state index contributed by atoms with van der Waals surface area (Å²) in [6, 6.07) is 7.85. The van der Waals surface area contributed by atoms with Crippen LogP contribution in [0.4, 0.5) is 0 Å². The van der Waals surface area contributed by atoms with Gasteiger partial charge in [0.1, 0.15) is 5.75 Å². The minimum absolute atomic E-state index is 0.102. The molecular formula is C15H21ClN2O2. The summed E-state index contributed by atoms with van der Waals surface area (Å²) in [5, 5.41) is -0.102. The Balaban J connectivity index is 1.92. The van der Waals surface area contributed by atoms with Gasteiger partial charge >= 0.3 is 0 Å². The van der Waals surface area contributed by atoms with Gasteiger partial charge in [0, 0.05) is 45.2 Å². The Bertz CT molecular complexity index is 459. The topological polar surface area (TPSA) is 32.8 Å². The first-order valence-electron chi connectivity index (χ1n) is 6.86. The summed E-state index contributed by atoms with van der Waals surface area (Å²) in [4.78, 5) is 15.5. The van der Waals surface area contributed by atoms with Crippen LogP contribution in [0.15, 0.2) is 24.3 Å². The van der Waals surface area contributed by atoms with Gasteiger partial charge in [-0.25, -0.2) is 0 Å². The van der Waals surface area contributed by atoms with Crippen molar-refractivity contribution in [3.63, 3.8) is 0 Å². The minimum atomic E-state index is -0.102. The monoisotopic (exact) mass is 296 g/mol. The smallest absolute Gasteiger partial charge is 0.219 e. The molecule has 4 nitrogen and oxygen atoms in total. The molecule has 1 fully saturated rings. The Morgan fingerprint density at radius 1 is 1.30 bits per heavy atom. The third kappa shape index (κ3) is 3.64. The molecule has 0 aliphatic carbocycles. The van der Waals surface area contributed by atoms with E-state index in [-0.39, 0.29) is 11.3 Å². The Hall–Kier alpha value is -1.26. The molecule has 0 radical (unpaired) electrons. The fourth-order valence-electron chi connectivity index (χ4n) is 2.50. The van der Waals surface area contributed by atoms with Gasteiger partial charge in [0.05, 0.1) is 12.5 Å². The molecule has 1 heterocycles. The Labute approximate surface area is 125 Å². The largest absolute Gasteiger partial charge is 0.496 e. The molecule has 1 saturated heterocycles. The number of piperazine rings is 1. The zero-order chi connectivity index (χ0) is 14.5. The van der Waals surface area contributed by atoms with Gasteiger partial charge < -0.3 is 9.64 Å². The third-order valence-corrected chi connectivity index (χ3v) is 4.09. The predicted molar refractivity (Wildman–Crippen MR) is 80.3 cm³/mol. The van der Waals surface area contributed by atoms with E-state index in [2.05, 4.69) is 4.90 Å². The lowest BCUT2D eigenvalue weighted by Gasteiger charge is -2.35. The number of hydrogen-bond donors (Lipinski definition) is 0. The Kier molecular flexibility index (Phi) is 5.26. The molecule has 1 aromatic carbocycles. The number of halogens is 1. The van der Waals surface area contributed by atoms with E-state index in [1.54, 1.807) is 14.0 Å². The van der Waals surface area contributed by atoms with Crippen molar-refractivity contribution >= 4 is 17.5 Å². The predicted octanol–water partition coefficient (Wildman–Crippen LogP) is 2.14. The average molecular weight is 297 g/mol. The van der Waals surface area contributed by atoms with Crippen LogP contribution in [0.2, 0.25) is 0 Å². The van der Waals surface area contributed by atoms with Crippen LogP contribution in [0.25, 0.3) is 0 Å². The molecule has 1 aliphatic rings. The van der Waals surface area contributed by atoms with E-state index in [1.807, 2.05) is 29.2 Å². The molecule has 0 N–H and O–H groups in total. The molecule has 1 aliphatic heterocycles. The molecule has 1 atom stereocenters. The molecule has 5 heteroatoms. The molecule has 0 spiro atoms. The number of alkyl halides is 1. The van der Waals surface area contributed by atoms with E-state index in [0.717, 1.165) is 44.0 Å². The van der Waals surface area contributed by atoms with Crippen molar-refractivity contribution < 1.29 is 9.53 Å². The van der Waals surface area contributed by atoms with Crippen molar-refractivity contribution in [2.75, 3.05) is 39.8 Å². The summed E-state index contributed by atoms with van der Waals surface area (Å²) in [5.41, 5.74) is 1.02. The lowest BCUT2D eigenvalue weighted by atomic mass is 10.1. The Morgan fingerprint density at radius 3 is 2.55 bits per heavy atom. The average Bonchev–Trinajstić information content (AvgIpc) is 2.47. The highest BCUT2D eigenvalue weighted by atomic mass is 35.5. The van der Waals surface area contributed by atoms with Crippen LogP contribution < -0.4 is 4.74 Å². The first-order chi connectivity index (χ1) is 9.61. The van der Waals surface area contributed by atoms with Gasteiger partial charge in [-0.05, 0) is 6.07 Å². The lowest BCUT2D eigenvalue weighted by molar-refractivity contribution is -0.130. The molecular weight excluding hydrogens is 276 g/mol. The van der Waals surface area contributed by atoms with Crippen LogP contribution in [-0.4, -0.2) is 55.5 Å². The third-order valence-electron chi connectivity index (χ3n) is 3.71. The highest BCUT2D eigenvalue weighted by molar-refractivity contribution is 6.21. The zero-order valence-electron chi connectivity index (χ0n) is 12.0. The number of methoxy groups -OCH3 is 1. The van der Waals surface area contributed by atoms with Gasteiger partial charge in [-0.3, -0.25) is 9.69 Å². The quantitative estimate of drug-likeness (QED) is 0.798. The van der Waals surface area contributed by atoms with Gasteiger partial charge in [0.15, 0.2) is 0 Å². The van der Waals surface area contributed by atoms with Crippen molar-refractivity contribution in [1.29, 1.82) is 0 Å². The van der Waals surface area contributed by atoms with Gasteiger partial charge in [-0.15, -0.1) is 11.6 Å². The maximum absolute atomic E-state index is 11.3. The van der Waals surface area contributed by atoms with E-state index >= 15 is 0 Å². The van der Waals surface area contributed by atoms with Crippen molar-refractivity contribution in [3.05, 3.63) is 29.8 Å². The summed E-state index contributed by atoms with van der Waals surface area (Å²) in [5.74, 6) is 0.978. The van der Waals surface area contributed by atoms with E-state index < -0.39 is 0 Å². The number of para-hydroxylation sites is 1. The van der Waals surface area contributed by atoms with Crippen molar-refractivity contribution in [2.24, 2.45) is 0 Å². The highest BCUT2D eigenvalue weighted by Gasteiger charge is 2.22. The number of carbonyl (C=O) groups is 1. The summed E-state index contributed by atoms with van der Waals surface area (Å²) >= 11 is 6.52. The van der Waals surface area contributed by atoms with E-state index in [0.29, 0.717) is 0 Å². The number of rotatable bonds is 4. The summed E-state index contributed by atoms with van der Waals surface area (Å²) in [6.45, 7) is 5.70. The number of benzene rings is 1. The van der Waals surface area contributed by atoms with Crippen molar-refractivity contribution in [3.8, 4) is 5.75 Å². The maximum atomic E-state index is 11.3. The summed E-state index contributed by atoms with van der Waals surface area (Å²) in [7, 11) is 1.66. The van der Waals surface area contributed by atoms with Crippen LogP contribution in [0.5, 0.6) is 5.75 Å². The second-order valence-corrected chi connectivity index (χ2v) is 5.54. The SMILES string of the molecule is COc1ccccc1C(Cl)CN1CCN(C(C)=O)CC1. The standard InChI is InChI=1S/C15H21ClN2O2/c1-12(19)18-9-7-17(8-10-18)11-14(16)13-5-3-4-6-15(13)20-2/h3-6,14H,7-11H2,1-2H3. The van der Waals surface area contributed by atoms with Gasteiger partial charge in [0.2, 0.25) is 5.91 Å². The number of nitrogens with zero attached hydrogens (tertiary/aromatic N) is 2. The van der Waals surface area contributed by atoms with E-state index in [4.69, 9.17) is 16.3 Å². The normalized spacial score (nSPS) is 17.9. The molecule has 1 amide bonds. The van der Waals surface area contributed by atoms with Crippen LogP contribution in [0, 0.1) is 0 Å². The van der Waals surface area contributed by atoms with Gasteiger partial charge in [-0.1, -0.05) is 18.2 Å². The number of amides is 1. The van der Waals surface area contributed by atoms with Gasteiger partial charge in [0.25, 0.3) is 0 Å². The minimum Gasteiger partial charge on any atom is -0.496 e. The van der Waals surface area contributed by atoms with Crippen LogP contribution >= 0.6 is 11.6 Å².